The van der Waals surface area contributed by atoms with E-state index in [-0.39, 0.29) is 0 Å². The van der Waals surface area contributed by atoms with Crippen LogP contribution in [0.1, 0.15) is 11.3 Å². The number of oxime groups is 1. The summed E-state index contributed by atoms with van der Waals surface area (Å²) in [5, 5.41) is 15.4. The predicted molar refractivity (Wildman–Crippen MR) is 47.1 cm³/mol. The van der Waals surface area contributed by atoms with Crippen molar-refractivity contribution < 1.29 is 5.21 Å². The second kappa shape index (κ2) is 2.85. The van der Waals surface area contributed by atoms with Gasteiger partial charge >= 0.3 is 0 Å². The van der Waals surface area contributed by atoms with Crippen LogP contribution in [0.15, 0.2) is 23.6 Å². The van der Waals surface area contributed by atoms with E-state index in [1.807, 2.05) is 13.0 Å². The Hall–Kier alpha value is -1.91. The van der Waals surface area contributed by atoms with Crippen LogP contribution in [0.5, 0.6) is 0 Å². The Bertz CT molecular complexity index is 460. The second-order valence-corrected chi connectivity index (χ2v) is 2.72. The van der Waals surface area contributed by atoms with Gasteiger partial charge in [0.05, 0.1) is 11.9 Å². The van der Waals surface area contributed by atoms with Crippen molar-refractivity contribution >= 4 is 11.9 Å². The lowest BCUT2D eigenvalue weighted by Crippen LogP contribution is -1.93. The zero-order valence-corrected chi connectivity index (χ0v) is 7.05. The molecule has 0 spiro atoms. The van der Waals surface area contributed by atoms with Crippen LogP contribution in [0, 0.1) is 6.92 Å². The average Bonchev–Trinajstić information content (AvgIpc) is 2.44. The maximum atomic E-state index is 8.31. The molecule has 2 heterocycles. The number of hydrogen-bond donors (Lipinski definition) is 1. The van der Waals surface area contributed by atoms with Crippen molar-refractivity contribution in [2.45, 2.75) is 6.92 Å². The molecule has 0 saturated heterocycles. The third-order valence-electron chi connectivity index (χ3n) is 1.66. The summed E-state index contributed by atoms with van der Waals surface area (Å²) >= 11 is 0. The van der Waals surface area contributed by atoms with E-state index in [9.17, 15) is 0 Å². The molecule has 2 rings (SSSR count). The number of aryl methyl sites for hydroxylation is 1. The molecule has 0 bridgehead atoms. The van der Waals surface area contributed by atoms with Crippen LogP contribution < -0.4 is 0 Å². The maximum Gasteiger partial charge on any atom is 0.155 e. The SMILES string of the molecule is Cc1cc2ncc(/C=N/O)cn2n1. The van der Waals surface area contributed by atoms with Crippen molar-refractivity contribution in [3.63, 3.8) is 0 Å². The summed E-state index contributed by atoms with van der Waals surface area (Å²) in [5.41, 5.74) is 2.40. The summed E-state index contributed by atoms with van der Waals surface area (Å²) < 4.78 is 1.65. The minimum absolute atomic E-state index is 0.707. The number of fused-ring (bicyclic) bond motifs is 1. The highest BCUT2D eigenvalue weighted by Gasteiger charge is 1.98. The Kier molecular flexibility index (Phi) is 1.70. The van der Waals surface area contributed by atoms with Gasteiger partial charge in [-0.05, 0) is 6.92 Å². The van der Waals surface area contributed by atoms with Crippen LogP contribution in [-0.4, -0.2) is 26.0 Å². The first kappa shape index (κ1) is 7.72. The van der Waals surface area contributed by atoms with Crippen LogP contribution in [0.25, 0.3) is 5.65 Å². The summed E-state index contributed by atoms with van der Waals surface area (Å²) in [5.74, 6) is 0. The molecule has 5 heteroatoms. The minimum Gasteiger partial charge on any atom is -0.411 e. The minimum atomic E-state index is 0.707. The summed E-state index contributed by atoms with van der Waals surface area (Å²) in [6.07, 6.45) is 4.68. The fourth-order valence-corrected chi connectivity index (χ4v) is 1.14. The maximum absolute atomic E-state index is 8.31. The van der Waals surface area contributed by atoms with Gasteiger partial charge in [-0.25, -0.2) is 9.50 Å². The first-order valence-corrected chi connectivity index (χ1v) is 3.79. The van der Waals surface area contributed by atoms with Gasteiger partial charge in [-0.1, -0.05) is 5.16 Å². The third-order valence-corrected chi connectivity index (χ3v) is 1.66. The van der Waals surface area contributed by atoms with Crippen molar-refractivity contribution in [2.75, 3.05) is 0 Å². The van der Waals surface area contributed by atoms with E-state index in [0.717, 1.165) is 11.3 Å². The Labute approximate surface area is 74.3 Å². The molecule has 0 aliphatic carbocycles. The zero-order chi connectivity index (χ0) is 9.26. The summed E-state index contributed by atoms with van der Waals surface area (Å²) in [6, 6.07) is 1.87. The molecule has 0 aliphatic rings. The highest BCUT2D eigenvalue weighted by atomic mass is 16.4. The summed E-state index contributed by atoms with van der Waals surface area (Å²) in [4.78, 5) is 4.12. The number of nitrogens with zero attached hydrogens (tertiary/aromatic N) is 4. The van der Waals surface area contributed by atoms with Crippen molar-refractivity contribution in [2.24, 2.45) is 5.16 Å². The van der Waals surface area contributed by atoms with Crippen LogP contribution in [-0.2, 0) is 0 Å². The molecule has 0 amide bonds. The van der Waals surface area contributed by atoms with E-state index in [1.54, 1.807) is 16.9 Å². The van der Waals surface area contributed by atoms with Gasteiger partial charge in [0.2, 0.25) is 0 Å². The summed E-state index contributed by atoms with van der Waals surface area (Å²) in [6.45, 7) is 1.90. The molecule has 0 saturated carbocycles. The van der Waals surface area contributed by atoms with E-state index in [1.165, 1.54) is 6.21 Å². The van der Waals surface area contributed by atoms with E-state index in [2.05, 4.69) is 15.2 Å². The highest BCUT2D eigenvalue weighted by Crippen LogP contribution is 2.02. The number of aromatic nitrogens is 3. The molecular weight excluding hydrogens is 168 g/mol. The largest absolute Gasteiger partial charge is 0.411 e. The van der Waals surface area contributed by atoms with Crippen LogP contribution >= 0.6 is 0 Å². The zero-order valence-electron chi connectivity index (χ0n) is 7.05. The Balaban J connectivity index is 2.61. The predicted octanol–water partition coefficient (Wildman–Crippen LogP) is 0.846. The van der Waals surface area contributed by atoms with Gasteiger partial charge in [-0.15, -0.1) is 0 Å². The molecule has 0 fully saturated rings. The molecule has 0 aromatic carbocycles. The van der Waals surface area contributed by atoms with Crippen molar-refractivity contribution in [3.8, 4) is 0 Å². The van der Waals surface area contributed by atoms with Crippen molar-refractivity contribution in [1.82, 2.24) is 14.6 Å². The Morgan fingerprint density at radius 3 is 3.23 bits per heavy atom. The van der Waals surface area contributed by atoms with E-state index in [0.29, 0.717) is 5.56 Å². The molecule has 13 heavy (non-hydrogen) atoms. The Morgan fingerprint density at radius 2 is 2.46 bits per heavy atom. The molecule has 0 unspecified atom stereocenters. The quantitative estimate of drug-likeness (QED) is 0.398. The number of hydrogen-bond acceptors (Lipinski definition) is 4. The normalized spacial score (nSPS) is 11.5. The van der Waals surface area contributed by atoms with Crippen molar-refractivity contribution in [3.05, 3.63) is 29.7 Å². The molecule has 5 nitrogen and oxygen atoms in total. The smallest absolute Gasteiger partial charge is 0.155 e. The van der Waals surface area contributed by atoms with E-state index < -0.39 is 0 Å². The van der Waals surface area contributed by atoms with Crippen molar-refractivity contribution in [1.29, 1.82) is 0 Å². The number of rotatable bonds is 1. The lowest BCUT2D eigenvalue weighted by atomic mass is 10.4. The van der Waals surface area contributed by atoms with E-state index in [4.69, 9.17) is 5.21 Å². The standard InChI is InChI=1S/C8H8N4O/c1-6-2-8-9-3-7(4-10-13)5-12(8)11-6/h2-5,13H,1H3/b10-4+. The molecular formula is C8H8N4O. The highest BCUT2D eigenvalue weighted by molar-refractivity contribution is 5.78. The topological polar surface area (TPSA) is 62.8 Å². The van der Waals surface area contributed by atoms with Crippen LogP contribution in [0.3, 0.4) is 0 Å². The van der Waals surface area contributed by atoms with Crippen LogP contribution in [0.4, 0.5) is 0 Å². The molecule has 2 aromatic rings. The van der Waals surface area contributed by atoms with Gasteiger partial charge < -0.3 is 5.21 Å². The average molecular weight is 176 g/mol. The molecule has 0 radical (unpaired) electrons. The van der Waals surface area contributed by atoms with E-state index >= 15 is 0 Å². The lowest BCUT2D eigenvalue weighted by molar-refractivity contribution is 0.322. The fraction of sp³-hybridized carbons (Fsp3) is 0.125. The second-order valence-electron chi connectivity index (χ2n) is 2.72. The van der Waals surface area contributed by atoms with Gasteiger partial charge in [0.1, 0.15) is 0 Å². The monoisotopic (exact) mass is 176 g/mol. The van der Waals surface area contributed by atoms with Gasteiger partial charge in [-0.3, -0.25) is 0 Å². The van der Waals surface area contributed by atoms with Gasteiger partial charge in [0.25, 0.3) is 0 Å². The molecule has 2 aromatic heterocycles. The third kappa shape index (κ3) is 1.35. The molecule has 1 N–H and O–H groups in total. The lowest BCUT2D eigenvalue weighted by Gasteiger charge is -1.92. The fourth-order valence-electron chi connectivity index (χ4n) is 1.14. The molecule has 0 aliphatic heterocycles. The molecule has 66 valence electrons. The van der Waals surface area contributed by atoms with Gasteiger partial charge in [0, 0.05) is 24.0 Å². The Morgan fingerprint density at radius 1 is 1.62 bits per heavy atom. The van der Waals surface area contributed by atoms with Gasteiger partial charge in [0.15, 0.2) is 5.65 Å². The first-order chi connectivity index (χ1) is 6.29. The summed E-state index contributed by atoms with van der Waals surface area (Å²) in [7, 11) is 0. The van der Waals surface area contributed by atoms with Gasteiger partial charge in [-0.2, -0.15) is 5.10 Å². The molecule has 0 atom stereocenters. The van der Waals surface area contributed by atoms with Crippen LogP contribution in [0.2, 0.25) is 0 Å². The first-order valence-electron chi connectivity index (χ1n) is 3.79.